The fourth-order valence-corrected chi connectivity index (χ4v) is 5.79. The molecule has 176 valence electrons. The van der Waals surface area contributed by atoms with E-state index < -0.39 is 0 Å². The molecule has 7 aromatic rings. The van der Waals surface area contributed by atoms with E-state index >= 15 is 0 Å². The molecule has 0 atom stereocenters. The average Bonchev–Trinajstić information content (AvgIpc) is 2.90. The summed E-state index contributed by atoms with van der Waals surface area (Å²) in [6.45, 7) is 6.84. The van der Waals surface area contributed by atoms with Gasteiger partial charge in [0.15, 0.2) is 0 Å². The molecule has 0 radical (unpaired) electrons. The zero-order chi connectivity index (χ0) is 25.9. The van der Waals surface area contributed by atoms with Gasteiger partial charge in [-0.1, -0.05) is 93.6 Å². The van der Waals surface area contributed by atoms with E-state index in [4.69, 9.17) is 0 Å². The normalized spacial score (nSPS) is 11.4. The van der Waals surface area contributed by atoms with Crippen LogP contribution < -0.4 is 0 Å². The summed E-state index contributed by atoms with van der Waals surface area (Å²) in [7, 11) is 0. The highest BCUT2D eigenvalue weighted by atomic mass is 14.2. The molecule has 0 aliphatic heterocycles. The average molecular weight is 481 g/mol. The lowest BCUT2D eigenvalue weighted by atomic mass is 9.79. The van der Waals surface area contributed by atoms with Crippen molar-refractivity contribution in [3.63, 3.8) is 0 Å². The van der Waals surface area contributed by atoms with Gasteiger partial charge in [0, 0.05) is 32.3 Å². The van der Waals surface area contributed by atoms with Crippen LogP contribution in [0.3, 0.4) is 0 Å². The summed E-state index contributed by atoms with van der Waals surface area (Å²) in [4.78, 5) is 0. The molecule has 7 aromatic carbocycles. The Morgan fingerprint density at radius 2 is 0.868 bits per heavy atom. The third kappa shape index (κ3) is 3.53. The minimum Gasteiger partial charge on any atom is -0.0610 e. The molecule has 0 N–H and O–H groups in total. The molecule has 0 amide bonds. The molecule has 0 fully saturated rings. The van der Waals surface area contributed by atoms with E-state index in [2.05, 4.69) is 148 Å². The van der Waals surface area contributed by atoms with Crippen LogP contribution in [-0.2, 0) is 5.41 Å². The van der Waals surface area contributed by atoms with Gasteiger partial charge < -0.3 is 0 Å². The lowest BCUT2D eigenvalue weighted by Gasteiger charge is -2.24. The highest BCUT2D eigenvalue weighted by molar-refractivity contribution is 6.14. The van der Waals surface area contributed by atoms with Crippen LogP contribution in [0.25, 0.3) is 64.6 Å². The maximum atomic E-state index is 3.59. The second-order valence-electron chi connectivity index (χ2n) is 11.0. The summed E-state index contributed by atoms with van der Waals surface area (Å²) in [6, 6.07) is 52.5. The molecule has 4 bridgehead atoms. The number of hydrogen-bond donors (Lipinski definition) is 0. The highest BCUT2D eigenvalue weighted by Crippen LogP contribution is 2.40. The fraction of sp³-hybridized carbons (Fsp3) is 0.105. The van der Waals surface area contributed by atoms with E-state index in [1.54, 1.807) is 0 Å². The Hall–Kier alpha value is -4.96. The molecular weight excluding hydrogens is 456 g/mol. The van der Waals surface area contributed by atoms with E-state index in [-0.39, 0.29) is 5.41 Å². The third-order valence-corrected chi connectivity index (χ3v) is 7.42. The van der Waals surface area contributed by atoms with E-state index in [9.17, 15) is 0 Å². The molecule has 0 heteroatoms. The summed E-state index contributed by atoms with van der Waals surface area (Å²) in [6.07, 6.45) is 0. The summed E-state index contributed by atoms with van der Waals surface area (Å²) < 4.78 is 0. The third-order valence-electron chi connectivity index (χ3n) is 7.42. The van der Waals surface area contributed by atoms with Crippen molar-refractivity contribution in [1.82, 2.24) is 0 Å². The van der Waals surface area contributed by atoms with Crippen molar-refractivity contribution >= 4 is 64.6 Å². The van der Waals surface area contributed by atoms with Gasteiger partial charge in [-0.2, -0.15) is 0 Å². The zero-order valence-electron chi connectivity index (χ0n) is 21.7. The van der Waals surface area contributed by atoms with Crippen molar-refractivity contribution in [1.29, 1.82) is 0 Å². The zero-order valence-corrected chi connectivity index (χ0v) is 21.7. The van der Waals surface area contributed by atoms with Gasteiger partial charge in [-0.25, -0.2) is 0 Å². The van der Waals surface area contributed by atoms with Crippen molar-refractivity contribution in [3.05, 3.63) is 133 Å². The first kappa shape index (κ1) is 22.3. The van der Waals surface area contributed by atoms with Crippen LogP contribution in [0.5, 0.6) is 0 Å². The van der Waals surface area contributed by atoms with Crippen molar-refractivity contribution in [2.45, 2.75) is 26.2 Å². The SMILES string of the molecule is CC(C)(C)c1c2c3c#cc#cc4cccc5cc6cccc(c#cc7cccc(cc2ccc3)c17)c6cc45. The largest absolute Gasteiger partial charge is 0.0610 e. The Morgan fingerprint density at radius 1 is 0.447 bits per heavy atom. The quantitative estimate of drug-likeness (QED) is 0.189. The Labute approximate surface area is 223 Å². The fourth-order valence-electron chi connectivity index (χ4n) is 5.79. The van der Waals surface area contributed by atoms with Gasteiger partial charge in [0.05, 0.1) is 0 Å². The standard InChI is InChI=1S/C38H24/c1-38(2,3)37-35-27-11-5-4-10-25-12-6-16-29-22-30-17-7-13-26(34(30)24-33(25)29)20-21-28-15-9-19-32(36(28)37)23-31(35)18-8-14-27/h6-9,12-19,22-24H,1-3H3. The number of benzene rings is 6. The van der Waals surface area contributed by atoms with Crippen LogP contribution in [0.4, 0.5) is 0 Å². The summed E-state index contributed by atoms with van der Waals surface area (Å²) >= 11 is 0. The predicted octanol–water partition coefficient (Wildman–Crippen LogP) is 9.83. The molecule has 0 nitrogen and oxygen atoms in total. The molecule has 0 aromatic heterocycles. The monoisotopic (exact) mass is 480 g/mol. The Bertz CT molecular complexity index is 2100. The van der Waals surface area contributed by atoms with Gasteiger partial charge in [0.2, 0.25) is 0 Å². The second-order valence-corrected chi connectivity index (χ2v) is 11.0. The molecule has 7 rings (SSSR count). The van der Waals surface area contributed by atoms with Crippen LogP contribution in [-0.4, -0.2) is 0 Å². The predicted molar refractivity (Wildman–Crippen MR) is 161 cm³/mol. The lowest BCUT2D eigenvalue weighted by Crippen LogP contribution is -2.12. The maximum absolute atomic E-state index is 3.59. The minimum absolute atomic E-state index is 0.117. The van der Waals surface area contributed by atoms with Gasteiger partial charge in [-0.15, -0.1) is 0 Å². The van der Waals surface area contributed by atoms with Gasteiger partial charge in [-0.3, -0.25) is 0 Å². The Morgan fingerprint density at radius 3 is 1.45 bits per heavy atom. The summed E-state index contributed by atoms with van der Waals surface area (Å²) in [5, 5.41) is 13.5. The smallest absolute Gasteiger partial charge is 0.0337 e. The van der Waals surface area contributed by atoms with E-state index in [1.165, 1.54) is 37.9 Å². The number of rotatable bonds is 0. The molecule has 0 heterocycles. The van der Waals surface area contributed by atoms with Crippen molar-refractivity contribution in [2.24, 2.45) is 0 Å². The molecule has 0 saturated heterocycles. The van der Waals surface area contributed by atoms with E-state index in [1.807, 2.05) is 0 Å². The topological polar surface area (TPSA) is 0 Å². The first-order valence-corrected chi connectivity index (χ1v) is 13.0. The van der Waals surface area contributed by atoms with Gasteiger partial charge in [0.1, 0.15) is 0 Å². The molecule has 38 heavy (non-hydrogen) atoms. The van der Waals surface area contributed by atoms with Crippen LogP contribution in [0, 0.1) is 36.4 Å². The van der Waals surface area contributed by atoms with Crippen LogP contribution >= 0.6 is 0 Å². The van der Waals surface area contributed by atoms with Crippen molar-refractivity contribution in [2.75, 3.05) is 0 Å². The first-order chi connectivity index (χ1) is 18.5. The number of hydrogen-bond acceptors (Lipinski definition) is 0. The Kier molecular flexibility index (Phi) is 4.85. The van der Waals surface area contributed by atoms with Crippen molar-refractivity contribution < 1.29 is 0 Å². The van der Waals surface area contributed by atoms with E-state index in [0.29, 0.717) is 0 Å². The van der Waals surface area contributed by atoms with Crippen LogP contribution in [0.15, 0.2) is 91.0 Å². The lowest BCUT2D eigenvalue weighted by molar-refractivity contribution is 0.602. The van der Waals surface area contributed by atoms with Gasteiger partial charge in [-0.05, 0) is 97.9 Å². The Balaban J connectivity index is 1.76. The summed E-state index contributed by atoms with van der Waals surface area (Å²) in [5.74, 6) is 0. The van der Waals surface area contributed by atoms with Gasteiger partial charge >= 0.3 is 0 Å². The first-order valence-electron chi connectivity index (χ1n) is 13.0. The highest BCUT2D eigenvalue weighted by Gasteiger charge is 2.22. The molecule has 0 unspecified atom stereocenters. The minimum atomic E-state index is -0.117. The summed E-state index contributed by atoms with van der Waals surface area (Å²) in [5.41, 5.74) is 1.17. The van der Waals surface area contributed by atoms with Gasteiger partial charge in [0.25, 0.3) is 0 Å². The molecule has 0 spiro atoms. The maximum Gasteiger partial charge on any atom is 0.0337 e. The van der Waals surface area contributed by atoms with E-state index in [0.717, 1.165) is 32.3 Å². The van der Waals surface area contributed by atoms with Crippen LogP contribution in [0.1, 0.15) is 26.3 Å². The second kappa shape index (κ2) is 8.29. The molecule has 0 saturated carbocycles. The van der Waals surface area contributed by atoms with Crippen molar-refractivity contribution in [3.8, 4) is 0 Å². The molecular formula is C38H24. The van der Waals surface area contributed by atoms with Crippen LogP contribution in [0.2, 0.25) is 0 Å². The molecule has 0 aliphatic carbocycles. The molecule has 0 aliphatic rings.